The molecular formula is C34H38N2O5S. The van der Waals surface area contributed by atoms with Gasteiger partial charge < -0.3 is 10.1 Å². The van der Waals surface area contributed by atoms with E-state index in [1.807, 2.05) is 19.1 Å². The predicted molar refractivity (Wildman–Crippen MR) is 162 cm³/mol. The molecule has 8 heteroatoms. The lowest BCUT2D eigenvalue weighted by molar-refractivity contribution is -0.136. The fourth-order valence-corrected chi connectivity index (χ4v) is 8.33. The molecule has 1 fully saturated rings. The van der Waals surface area contributed by atoms with Gasteiger partial charge in [0.05, 0.1) is 29.6 Å². The molecule has 2 aliphatic heterocycles. The van der Waals surface area contributed by atoms with Gasteiger partial charge in [0, 0.05) is 30.5 Å². The van der Waals surface area contributed by atoms with E-state index < -0.39 is 10.1 Å². The molecule has 6 rings (SSSR count). The van der Waals surface area contributed by atoms with Gasteiger partial charge in [-0.15, -0.1) is 0 Å². The molecule has 1 saturated heterocycles. The van der Waals surface area contributed by atoms with Gasteiger partial charge in [-0.2, -0.15) is 8.42 Å². The molecule has 0 radical (unpaired) electrons. The van der Waals surface area contributed by atoms with Crippen LogP contribution in [0.1, 0.15) is 48.8 Å². The lowest BCUT2D eigenvalue weighted by Crippen LogP contribution is -2.51. The third kappa shape index (κ3) is 5.16. The lowest BCUT2D eigenvalue weighted by Gasteiger charge is -2.46. The number of carbonyl (C=O) groups excluding carboxylic acids is 1. The van der Waals surface area contributed by atoms with Gasteiger partial charge in [-0.3, -0.25) is 9.08 Å². The molecule has 1 spiro atoms. The number of nitrogens with zero attached hydrogens (tertiary/aromatic N) is 1. The van der Waals surface area contributed by atoms with E-state index in [0.29, 0.717) is 12.8 Å². The molecular weight excluding hydrogens is 548 g/mol. The van der Waals surface area contributed by atoms with Crippen LogP contribution in [0.5, 0.6) is 0 Å². The topological polar surface area (TPSA) is 84.9 Å². The lowest BCUT2D eigenvalue weighted by atomic mass is 9.62. The maximum atomic E-state index is 13.2. The van der Waals surface area contributed by atoms with Crippen LogP contribution in [-0.4, -0.2) is 45.6 Å². The highest BCUT2D eigenvalue weighted by molar-refractivity contribution is 7.86. The Morgan fingerprint density at radius 1 is 1.00 bits per heavy atom. The Bertz CT molecular complexity index is 1590. The first kappa shape index (κ1) is 28.6. The number of ether oxygens (including phenoxy) is 1. The molecule has 3 aliphatic rings. The number of hydrogen-bond donors (Lipinski definition) is 1. The molecule has 3 aromatic rings. The molecule has 42 heavy (non-hydrogen) atoms. The highest BCUT2D eigenvalue weighted by Gasteiger charge is 2.60. The summed E-state index contributed by atoms with van der Waals surface area (Å²) < 4.78 is 36.0. The molecule has 1 N–H and O–H groups in total. The van der Waals surface area contributed by atoms with Crippen molar-refractivity contribution < 1.29 is 22.1 Å². The number of aryl methyl sites for hydroxylation is 1. The molecule has 220 valence electrons. The second-order valence-corrected chi connectivity index (χ2v) is 13.3. The Morgan fingerprint density at radius 2 is 1.74 bits per heavy atom. The standard InChI is InChI=1S/C34H38N2O5S/c1-24-15-17-27(18-16-24)42(38,39)41-21-9-8-12-26-22-28(33(37)40-2)31-34(29-13-6-7-14-30(29)35-31)19-20-36(32(26)34)23-25-10-4-3-5-11-25/h3-7,10-11,13-18,26,32,35H,8-9,12,19-23H2,1-2H3/t26-,32+,34+/m0/s1. The van der Waals surface area contributed by atoms with Crippen molar-refractivity contribution in [2.24, 2.45) is 5.92 Å². The van der Waals surface area contributed by atoms with Crippen molar-refractivity contribution in [1.82, 2.24) is 4.90 Å². The van der Waals surface area contributed by atoms with E-state index in [9.17, 15) is 13.2 Å². The van der Waals surface area contributed by atoms with Crippen molar-refractivity contribution in [3.8, 4) is 0 Å². The highest BCUT2D eigenvalue weighted by Crippen LogP contribution is 2.59. The van der Waals surface area contributed by atoms with Gasteiger partial charge >= 0.3 is 5.97 Å². The SMILES string of the molecule is COC(=O)C1=C2Nc3ccccc3[C@]23CCN(Cc2ccccc2)[C@@H]3[C@@H](CCCCOS(=O)(=O)c2ccc(C)cc2)C1. The summed E-state index contributed by atoms with van der Waals surface area (Å²) in [5.74, 6) is -0.0853. The summed E-state index contributed by atoms with van der Waals surface area (Å²) in [5.41, 5.74) is 6.00. The van der Waals surface area contributed by atoms with Crippen LogP contribution in [0.2, 0.25) is 0 Å². The summed E-state index contributed by atoms with van der Waals surface area (Å²) in [4.78, 5) is 16.0. The maximum absolute atomic E-state index is 13.2. The van der Waals surface area contributed by atoms with Crippen LogP contribution >= 0.6 is 0 Å². The van der Waals surface area contributed by atoms with Crippen LogP contribution in [0.15, 0.2) is 95.0 Å². The molecule has 7 nitrogen and oxygen atoms in total. The summed E-state index contributed by atoms with van der Waals surface area (Å²) in [6, 6.07) is 25.9. The number of fused-ring (bicyclic) bond motifs is 1. The predicted octanol–water partition coefficient (Wildman–Crippen LogP) is 5.96. The zero-order chi connectivity index (χ0) is 29.3. The van der Waals surface area contributed by atoms with Gasteiger partial charge in [0.1, 0.15) is 0 Å². The van der Waals surface area contributed by atoms with Crippen LogP contribution < -0.4 is 5.32 Å². The summed E-state index contributed by atoms with van der Waals surface area (Å²) in [7, 11) is -2.34. The van der Waals surface area contributed by atoms with Gasteiger partial charge in [-0.05, 0) is 67.9 Å². The molecule has 0 unspecified atom stereocenters. The Hall–Kier alpha value is -3.46. The number of benzene rings is 3. The number of esters is 1. The first-order chi connectivity index (χ1) is 20.3. The molecule has 3 atom stereocenters. The zero-order valence-electron chi connectivity index (χ0n) is 24.2. The van der Waals surface area contributed by atoms with Gasteiger partial charge in [0.2, 0.25) is 0 Å². The molecule has 0 saturated carbocycles. The zero-order valence-corrected chi connectivity index (χ0v) is 25.0. The number of methoxy groups -OCH3 is 1. The number of anilines is 1. The third-order valence-electron chi connectivity index (χ3n) is 9.20. The van der Waals surface area contributed by atoms with E-state index in [1.54, 1.807) is 24.3 Å². The number of unbranched alkanes of at least 4 members (excludes halogenated alkanes) is 1. The molecule has 0 bridgehead atoms. The average molecular weight is 587 g/mol. The van der Waals surface area contributed by atoms with Gasteiger partial charge in [0.15, 0.2) is 0 Å². The molecule has 3 aromatic carbocycles. The van der Waals surface area contributed by atoms with Crippen molar-refractivity contribution in [3.63, 3.8) is 0 Å². The maximum Gasteiger partial charge on any atom is 0.335 e. The quantitative estimate of drug-likeness (QED) is 0.178. The number of carbonyl (C=O) groups is 1. The summed E-state index contributed by atoms with van der Waals surface area (Å²) in [6.45, 7) is 3.80. The molecule has 0 amide bonds. The Morgan fingerprint density at radius 3 is 2.50 bits per heavy atom. The van der Waals surface area contributed by atoms with Crippen molar-refractivity contribution in [1.29, 1.82) is 0 Å². The second kappa shape index (κ2) is 11.7. The van der Waals surface area contributed by atoms with Crippen molar-refractivity contribution in [2.45, 2.75) is 61.9 Å². The van der Waals surface area contributed by atoms with Crippen molar-refractivity contribution in [2.75, 3.05) is 25.6 Å². The Kier molecular flexibility index (Phi) is 7.96. The fourth-order valence-electron chi connectivity index (χ4n) is 7.38. The average Bonchev–Trinajstić information content (AvgIpc) is 3.55. The summed E-state index contributed by atoms with van der Waals surface area (Å²) in [5, 5.41) is 3.65. The number of para-hydroxylation sites is 1. The van der Waals surface area contributed by atoms with Gasteiger partial charge in [-0.25, -0.2) is 4.79 Å². The first-order valence-corrected chi connectivity index (χ1v) is 16.2. The van der Waals surface area contributed by atoms with Crippen LogP contribution in [-0.2, 0) is 35.8 Å². The monoisotopic (exact) mass is 586 g/mol. The highest BCUT2D eigenvalue weighted by atomic mass is 32.2. The second-order valence-electron chi connectivity index (χ2n) is 11.7. The first-order valence-electron chi connectivity index (χ1n) is 14.8. The molecule has 1 aliphatic carbocycles. The Labute approximate surface area is 248 Å². The van der Waals surface area contributed by atoms with Crippen LogP contribution in [0, 0.1) is 12.8 Å². The number of nitrogens with one attached hydrogen (secondary N) is 1. The van der Waals surface area contributed by atoms with Gasteiger partial charge in [0.25, 0.3) is 10.1 Å². The molecule has 2 heterocycles. The van der Waals surface area contributed by atoms with E-state index in [2.05, 4.69) is 52.7 Å². The van der Waals surface area contributed by atoms with E-state index in [-0.39, 0.29) is 34.8 Å². The fraction of sp³-hybridized carbons (Fsp3) is 0.382. The number of hydrogen-bond acceptors (Lipinski definition) is 7. The smallest absolute Gasteiger partial charge is 0.335 e. The third-order valence-corrected chi connectivity index (χ3v) is 10.5. The van der Waals surface area contributed by atoms with Crippen LogP contribution in [0.25, 0.3) is 0 Å². The minimum Gasteiger partial charge on any atom is -0.466 e. The largest absolute Gasteiger partial charge is 0.466 e. The summed E-state index contributed by atoms with van der Waals surface area (Å²) in [6.07, 6.45) is 3.78. The summed E-state index contributed by atoms with van der Waals surface area (Å²) >= 11 is 0. The molecule has 0 aromatic heterocycles. The van der Waals surface area contributed by atoms with Gasteiger partial charge in [-0.1, -0.05) is 72.6 Å². The van der Waals surface area contributed by atoms with E-state index in [4.69, 9.17) is 8.92 Å². The van der Waals surface area contributed by atoms with E-state index >= 15 is 0 Å². The minimum atomic E-state index is -3.79. The van der Waals surface area contributed by atoms with Crippen molar-refractivity contribution >= 4 is 21.8 Å². The minimum absolute atomic E-state index is 0.127. The van der Waals surface area contributed by atoms with E-state index in [1.165, 1.54) is 18.2 Å². The Balaban J connectivity index is 1.25. The normalized spacial score (nSPS) is 23.2. The van der Waals surface area contributed by atoms with Crippen LogP contribution in [0.3, 0.4) is 0 Å². The van der Waals surface area contributed by atoms with Crippen molar-refractivity contribution in [3.05, 3.63) is 107 Å². The number of likely N-dealkylation sites (tertiary alicyclic amines) is 1. The van der Waals surface area contributed by atoms with Crippen LogP contribution in [0.4, 0.5) is 5.69 Å². The number of rotatable bonds is 10. The van der Waals surface area contributed by atoms with E-state index in [0.717, 1.165) is 54.9 Å².